The van der Waals surface area contributed by atoms with Gasteiger partial charge in [-0.3, -0.25) is 0 Å². The smallest absolute Gasteiger partial charge is 0.123 e. The summed E-state index contributed by atoms with van der Waals surface area (Å²) >= 11 is 8.31. The Bertz CT molecular complexity index is 568. The molecule has 1 heterocycles. The largest absolute Gasteiger partial charge is 0.388 e. The first-order chi connectivity index (χ1) is 8.47. The molecule has 0 saturated heterocycles. The third kappa shape index (κ3) is 3.20. The molecule has 1 nitrogen and oxygen atoms in total. The second kappa shape index (κ2) is 5.82. The van der Waals surface area contributed by atoms with E-state index in [2.05, 4.69) is 31.9 Å². The van der Waals surface area contributed by atoms with Crippen molar-refractivity contribution in [2.45, 2.75) is 19.4 Å². The van der Waals surface area contributed by atoms with Gasteiger partial charge in [-0.25, -0.2) is 4.39 Å². The van der Waals surface area contributed by atoms with Crippen LogP contribution in [0.3, 0.4) is 0 Å². The van der Waals surface area contributed by atoms with Gasteiger partial charge in [-0.1, -0.05) is 6.07 Å². The summed E-state index contributed by atoms with van der Waals surface area (Å²) in [6.45, 7) is 1.92. The van der Waals surface area contributed by atoms with Crippen LogP contribution in [0.15, 0.2) is 31.8 Å². The van der Waals surface area contributed by atoms with Crippen molar-refractivity contribution in [3.8, 4) is 0 Å². The molecule has 2 rings (SSSR count). The van der Waals surface area contributed by atoms with Gasteiger partial charge in [0, 0.05) is 12.0 Å². The zero-order valence-electron chi connectivity index (χ0n) is 9.58. The topological polar surface area (TPSA) is 20.2 Å². The van der Waals surface area contributed by atoms with E-state index in [4.69, 9.17) is 0 Å². The molecule has 0 aliphatic rings. The maximum absolute atomic E-state index is 13.2. The third-order valence-corrected chi connectivity index (χ3v) is 5.15. The highest BCUT2D eigenvalue weighted by Crippen LogP contribution is 2.36. The molecular formula is C13H11Br2FOS. The normalized spacial score (nSPS) is 12.7. The van der Waals surface area contributed by atoms with Crippen molar-refractivity contribution in [1.29, 1.82) is 0 Å². The molecule has 0 bridgehead atoms. The Morgan fingerprint density at radius 3 is 2.67 bits per heavy atom. The maximum Gasteiger partial charge on any atom is 0.123 e. The van der Waals surface area contributed by atoms with E-state index in [-0.39, 0.29) is 5.82 Å². The summed E-state index contributed by atoms with van der Waals surface area (Å²) in [6.07, 6.45) is -0.229. The van der Waals surface area contributed by atoms with Crippen LogP contribution >= 0.6 is 43.2 Å². The summed E-state index contributed by atoms with van der Waals surface area (Å²) in [4.78, 5) is 0. The van der Waals surface area contributed by atoms with Crippen LogP contribution < -0.4 is 0 Å². The molecule has 18 heavy (non-hydrogen) atoms. The Labute approximate surface area is 126 Å². The molecule has 1 aromatic heterocycles. The molecule has 1 N–H and O–H groups in total. The highest BCUT2D eigenvalue weighted by atomic mass is 79.9. The molecule has 0 spiro atoms. The minimum absolute atomic E-state index is 0.270. The van der Waals surface area contributed by atoms with Crippen LogP contribution in [0.4, 0.5) is 4.39 Å². The Morgan fingerprint density at radius 2 is 2.06 bits per heavy atom. The van der Waals surface area contributed by atoms with Crippen LogP contribution in [0.25, 0.3) is 0 Å². The summed E-state index contributed by atoms with van der Waals surface area (Å²) in [5.74, 6) is -0.270. The average Bonchev–Trinajstić information content (AvgIpc) is 2.63. The number of benzene rings is 1. The molecule has 1 unspecified atom stereocenters. The van der Waals surface area contributed by atoms with Crippen molar-refractivity contribution in [3.05, 3.63) is 54.3 Å². The standard InChI is InChI=1S/C13H11Br2FOS/c1-7-2-3-9(16)4-8(7)5-11(17)10-6-12(14)18-13(10)15/h2-4,6,11,17H,5H2,1H3. The van der Waals surface area contributed by atoms with Gasteiger partial charge in [0.05, 0.1) is 13.7 Å². The molecule has 0 saturated carbocycles. The summed E-state index contributed by atoms with van der Waals surface area (Å²) in [6, 6.07) is 6.53. The number of thiophene rings is 1. The highest BCUT2D eigenvalue weighted by Gasteiger charge is 2.16. The summed E-state index contributed by atoms with van der Waals surface area (Å²) in [5.41, 5.74) is 2.65. The Balaban J connectivity index is 2.23. The Hall–Kier alpha value is -0.230. The van der Waals surface area contributed by atoms with Crippen molar-refractivity contribution in [2.24, 2.45) is 0 Å². The van der Waals surface area contributed by atoms with E-state index < -0.39 is 6.10 Å². The lowest BCUT2D eigenvalue weighted by atomic mass is 10.00. The van der Waals surface area contributed by atoms with Crippen LogP contribution in [0.1, 0.15) is 22.8 Å². The molecule has 5 heteroatoms. The van der Waals surface area contributed by atoms with Crippen molar-refractivity contribution < 1.29 is 9.50 Å². The fourth-order valence-corrected chi connectivity index (χ4v) is 4.71. The SMILES string of the molecule is Cc1ccc(F)cc1CC(O)c1cc(Br)sc1Br. The van der Waals surface area contributed by atoms with Crippen LogP contribution in [-0.2, 0) is 6.42 Å². The van der Waals surface area contributed by atoms with Crippen LogP contribution in [0.2, 0.25) is 0 Å². The van der Waals surface area contributed by atoms with Crippen molar-refractivity contribution >= 4 is 43.2 Å². The first kappa shape index (κ1) is 14.2. The minimum Gasteiger partial charge on any atom is -0.388 e. The number of hydrogen-bond acceptors (Lipinski definition) is 2. The summed E-state index contributed by atoms with van der Waals surface area (Å²) in [5, 5.41) is 10.2. The number of aryl methyl sites for hydroxylation is 1. The molecule has 2 aromatic rings. The average molecular weight is 394 g/mol. The molecule has 0 amide bonds. The maximum atomic E-state index is 13.2. The van der Waals surface area contributed by atoms with Crippen molar-refractivity contribution in [1.82, 2.24) is 0 Å². The Morgan fingerprint density at radius 1 is 1.33 bits per heavy atom. The first-order valence-corrected chi connectivity index (χ1v) is 7.75. The lowest BCUT2D eigenvalue weighted by Crippen LogP contribution is -2.03. The zero-order valence-corrected chi connectivity index (χ0v) is 13.6. The second-order valence-corrected chi connectivity index (χ2v) is 7.82. The van der Waals surface area contributed by atoms with E-state index in [1.807, 2.05) is 13.0 Å². The number of halogens is 3. The first-order valence-electron chi connectivity index (χ1n) is 5.35. The van der Waals surface area contributed by atoms with Crippen molar-refractivity contribution in [2.75, 3.05) is 0 Å². The van der Waals surface area contributed by atoms with E-state index in [0.717, 1.165) is 24.3 Å². The van der Waals surface area contributed by atoms with Gasteiger partial charge < -0.3 is 5.11 Å². The predicted molar refractivity (Wildman–Crippen MR) is 79.5 cm³/mol. The predicted octanol–water partition coefficient (Wildman–Crippen LogP) is 5.00. The number of aliphatic hydroxyl groups excluding tert-OH is 1. The van der Waals surface area contributed by atoms with Gasteiger partial charge in [0.2, 0.25) is 0 Å². The molecule has 1 atom stereocenters. The van der Waals surface area contributed by atoms with Gasteiger partial charge in [0.1, 0.15) is 5.82 Å². The number of hydrogen-bond donors (Lipinski definition) is 1. The van der Waals surface area contributed by atoms with Gasteiger partial charge in [0.25, 0.3) is 0 Å². The Kier molecular flexibility index (Phi) is 4.59. The lowest BCUT2D eigenvalue weighted by molar-refractivity contribution is 0.178. The van der Waals surface area contributed by atoms with Gasteiger partial charge in [0.15, 0.2) is 0 Å². The molecule has 1 aromatic carbocycles. The molecule has 0 aliphatic heterocycles. The van der Waals surface area contributed by atoms with Crippen LogP contribution in [0, 0.1) is 12.7 Å². The lowest BCUT2D eigenvalue weighted by Gasteiger charge is -2.12. The molecule has 96 valence electrons. The van der Waals surface area contributed by atoms with Gasteiger partial charge in [-0.05, 0) is 68.1 Å². The summed E-state index contributed by atoms with van der Waals surface area (Å²) < 4.78 is 15.0. The number of rotatable bonds is 3. The quantitative estimate of drug-likeness (QED) is 0.778. The zero-order chi connectivity index (χ0) is 13.3. The minimum atomic E-state index is -0.637. The second-order valence-electron chi connectivity index (χ2n) is 4.07. The number of aliphatic hydroxyl groups is 1. The van der Waals surface area contributed by atoms with E-state index in [9.17, 15) is 9.50 Å². The van der Waals surface area contributed by atoms with Crippen LogP contribution in [0.5, 0.6) is 0 Å². The van der Waals surface area contributed by atoms with Crippen LogP contribution in [-0.4, -0.2) is 5.11 Å². The third-order valence-electron chi connectivity index (χ3n) is 2.77. The summed E-state index contributed by atoms with van der Waals surface area (Å²) in [7, 11) is 0. The van der Waals surface area contributed by atoms with Gasteiger partial charge >= 0.3 is 0 Å². The van der Waals surface area contributed by atoms with Crippen molar-refractivity contribution in [3.63, 3.8) is 0 Å². The molecule has 0 fully saturated rings. The monoisotopic (exact) mass is 392 g/mol. The van der Waals surface area contributed by atoms with E-state index >= 15 is 0 Å². The van der Waals surface area contributed by atoms with E-state index in [1.54, 1.807) is 6.07 Å². The molecule has 0 aliphatic carbocycles. The van der Waals surface area contributed by atoms with Gasteiger partial charge in [-0.15, -0.1) is 11.3 Å². The fourth-order valence-electron chi connectivity index (χ4n) is 1.76. The van der Waals surface area contributed by atoms with E-state index in [0.29, 0.717) is 6.42 Å². The van der Waals surface area contributed by atoms with E-state index in [1.165, 1.54) is 23.5 Å². The fraction of sp³-hybridized carbons (Fsp3) is 0.231. The highest BCUT2D eigenvalue weighted by molar-refractivity contribution is 9.12. The van der Waals surface area contributed by atoms with Gasteiger partial charge in [-0.2, -0.15) is 0 Å². The molecule has 0 radical (unpaired) electrons. The molecular weight excluding hydrogens is 383 g/mol.